The van der Waals surface area contributed by atoms with E-state index in [9.17, 15) is 13.2 Å². The van der Waals surface area contributed by atoms with Gasteiger partial charge in [-0.15, -0.1) is 0 Å². The summed E-state index contributed by atoms with van der Waals surface area (Å²) >= 11 is 9.42. The van der Waals surface area contributed by atoms with E-state index < -0.39 is 15.9 Å². The van der Waals surface area contributed by atoms with Crippen molar-refractivity contribution in [3.8, 4) is 11.5 Å². The SMILES string of the molecule is CN(C)S(=O)(=O)c1cc(C(=O)Nc2cc3c(cc2Cl)OCCO3)ccc1Br. The molecule has 3 rings (SSSR count). The van der Waals surface area contributed by atoms with Crippen LogP contribution in [0.5, 0.6) is 11.5 Å². The summed E-state index contributed by atoms with van der Waals surface area (Å²) in [5.41, 5.74) is 0.510. The van der Waals surface area contributed by atoms with Crippen molar-refractivity contribution in [1.29, 1.82) is 0 Å². The number of halogens is 2. The summed E-state index contributed by atoms with van der Waals surface area (Å²) in [6.45, 7) is 0.831. The first-order chi connectivity index (χ1) is 12.7. The number of amides is 1. The van der Waals surface area contributed by atoms with Crippen molar-refractivity contribution >= 4 is 49.1 Å². The second kappa shape index (κ2) is 7.67. The molecule has 0 bridgehead atoms. The van der Waals surface area contributed by atoms with Gasteiger partial charge in [0.15, 0.2) is 11.5 Å². The lowest BCUT2D eigenvalue weighted by molar-refractivity contribution is 0.102. The number of hydrogen-bond donors (Lipinski definition) is 1. The molecule has 144 valence electrons. The Morgan fingerprint density at radius 1 is 1.15 bits per heavy atom. The van der Waals surface area contributed by atoms with E-state index in [4.69, 9.17) is 21.1 Å². The van der Waals surface area contributed by atoms with Crippen molar-refractivity contribution in [2.75, 3.05) is 32.6 Å². The van der Waals surface area contributed by atoms with Crippen LogP contribution in [0.4, 0.5) is 5.69 Å². The van der Waals surface area contributed by atoms with Gasteiger partial charge in [-0.25, -0.2) is 12.7 Å². The van der Waals surface area contributed by atoms with Crippen molar-refractivity contribution in [1.82, 2.24) is 4.31 Å². The summed E-state index contributed by atoms with van der Waals surface area (Å²) in [6, 6.07) is 7.47. The molecule has 1 aliphatic heterocycles. The minimum absolute atomic E-state index is 0.00609. The van der Waals surface area contributed by atoms with Gasteiger partial charge in [-0.1, -0.05) is 11.6 Å². The summed E-state index contributed by atoms with van der Waals surface area (Å²) in [4.78, 5) is 12.6. The van der Waals surface area contributed by atoms with E-state index in [0.717, 1.165) is 4.31 Å². The highest BCUT2D eigenvalue weighted by Crippen LogP contribution is 2.38. The molecule has 1 aliphatic rings. The summed E-state index contributed by atoms with van der Waals surface area (Å²) < 4.78 is 37.2. The third-order valence-electron chi connectivity index (χ3n) is 3.83. The number of nitrogens with zero attached hydrogens (tertiary/aromatic N) is 1. The molecule has 1 heterocycles. The zero-order valence-electron chi connectivity index (χ0n) is 14.5. The minimum Gasteiger partial charge on any atom is -0.486 e. The molecule has 1 N–H and O–H groups in total. The Bertz CT molecular complexity index is 1010. The van der Waals surface area contributed by atoms with Gasteiger partial charge in [0, 0.05) is 36.3 Å². The van der Waals surface area contributed by atoms with Crippen LogP contribution >= 0.6 is 27.5 Å². The highest BCUT2D eigenvalue weighted by atomic mass is 79.9. The molecule has 0 radical (unpaired) electrons. The van der Waals surface area contributed by atoms with Gasteiger partial charge in [-0.3, -0.25) is 4.79 Å². The zero-order chi connectivity index (χ0) is 19.8. The van der Waals surface area contributed by atoms with Gasteiger partial charge in [-0.2, -0.15) is 0 Å². The zero-order valence-corrected chi connectivity index (χ0v) is 17.6. The maximum absolute atomic E-state index is 12.6. The number of anilines is 1. The number of sulfonamides is 1. The first-order valence-electron chi connectivity index (χ1n) is 7.82. The molecule has 0 unspecified atom stereocenters. The Labute approximate surface area is 170 Å². The van der Waals surface area contributed by atoms with Crippen LogP contribution in [0.1, 0.15) is 10.4 Å². The maximum atomic E-state index is 12.6. The fraction of sp³-hybridized carbons (Fsp3) is 0.235. The van der Waals surface area contributed by atoms with Gasteiger partial charge < -0.3 is 14.8 Å². The molecule has 0 saturated heterocycles. The fourth-order valence-electron chi connectivity index (χ4n) is 2.39. The highest BCUT2D eigenvalue weighted by Gasteiger charge is 2.23. The normalized spacial score (nSPS) is 13.5. The molecule has 0 saturated carbocycles. The van der Waals surface area contributed by atoms with Crippen molar-refractivity contribution in [3.63, 3.8) is 0 Å². The molecule has 0 aliphatic carbocycles. The number of ether oxygens (including phenoxy) is 2. The maximum Gasteiger partial charge on any atom is 0.255 e. The van der Waals surface area contributed by atoms with Gasteiger partial charge in [-0.05, 0) is 34.1 Å². The van der Waals surface area contributed by atoms with Crippen LogP contribution in [0.3, 0.4) is 0 Å². The Balaban J connectivity index is 1.91. The number of rotatable bonds is 4. The molecule has 10 heteroatoms. The van der Waals surface area contributed by atoms with Crippen LogP contribution in [-0.2, 0) is 10.0 Å². The highest BCUT2D eigenvalue weighted by molar-refractivity contribution is 9.10. The van der Waals surface area contributed by atoms with Crippen molar-refractivity contribution < 1.29 is 22.7 Å². The summed E-state index contributed by atoms with van der Waals surface area (Å²) in [5.74, 6) is 0.483. The quantitative estimate of drug-likeness (QED) is 0.733. The predicted molar refractivity (Wildman–Crippen MR) is 105 cm³/mol. The Kier molecular flexibility index (Phi) is 5.66. The monoisotopic (exact) mass is 474 g/mol. The average molecular weight is 476 g/mol. The summed E-state index contributed by atoms with van der Waals surface area (Å²) in [6.07, 6.45) is 0. The fourth-order valence-corrected chi connectivity index (χ4v) is 4.44. The lowest BCUT2D eigenvalue weighted by Gasteiger charge is -2.20. The van der Waals surface area contributed by atoms with E-state index in [1.54, 1.807) is 12.1 Å². The molecule has 27 heavy (non-hydrogen) atoms. The van der Waals surface area contributed by atoms with E-state index >= 15 is 0 Å². The minimum atomic E-state index is -3.71. The molecule has 2 aromatic rings. The van der Waals surface area contributed by atoms with Crippen LogP contribution in [0.2, 0.25) is 5.02 Å². The molecule has 7 nitrogen and oxygen atoms in total. The molecular formula is C17H16BrClN2O5S. The predicted octanol–water partition coefficient (Wildman–Crippen LogP) is 3.38. The Morgan fingerprint density at radius 2 is 1.78 bits per heavy atom. The van der Waals surface area contributed by atoms with Crippen LogP contribution < -0.4 is 14.8 Å². The van der Waals surface area contributed by atoms with Gasteiger partial charge in [0.25, 0.3) is 5.91 Å². The Morgan fingerprint density at radius 3 is 2.41 bits per heavy atom. The number of carbonyl (C=O) groups excluding carboxylic acids is 1. The van der Waals surface area contributed by atoms with Gasteiger partial charge in [0.05, 0.1) is 15.6 Å². The number of benzene rings is 2. The smallest absolute Gasteiger partial charge is 0.255 e. The number of nitrogens with one attached hydrogen (secondary N) is 1. The molecule has 0 aromatic heterocycles. The average Bonchev–Trinajstić information content (AvgIpc) is 2.62. The number of carbonyl (C=O) groups is 1. The first-order valence-corrected chi connectivity index (χ1v) is 10.4. The van der Waals surface area contributed by atoms with Gasteiger partial charge in [0.2, 0.25) is 10.0 Å². The van der Waals surface area contributed by atoms with Gasteiger partial charge in [0.1, 0.15) is 13.2 Å². The first kappa shape index (κ1) is 19.9. The molecule has 0 fully saturated rings. The largest absolute Gasteiger partial charge is 0.486 e. The Hall–Kier alpha value is -1.81. The second-order valence-electron chi connectivity index (χ2n) is 5.86. The number of hydrogen-bond acceptors (Lipinski definition) is 5. The summed E-state index contributed by atoms with van der Waals surface area (Å²) in [7, 11) is -0.873. The number of fused-ring (bicyclic) bond motifs is 1. The lowest BCUT2D eigenvalue weighted by Crippen LogP contribution is -2.23. The lowest BCUT2D eigenvalue weighted by atomic mass is 10.2. The second-order valence-corrected chi connectivity index (χ2v) is 9.24. The third kappa shape index (κ3) is 4.06. The van der Waals surface area contributed by atoms with E-state index in [0.29, 0.717) is 34.9 Å². The van der Waals surface area contributed by atoms with Crippen molar-refractivity contribution in [2.45, 2.75) is 4.90 Å². The van der Waals surface area contributed by atoms with Crippen LogP contribution in [0.15, 0.2) is 39.7 Å². The van der Waals surface area contributed by atoms with Crippen molar-refractivity contribution in [3.05, 3.63) is 45.4 Å². The molecule has 0 spiro atoms. The standard InChI is InChI=1S/C17H16BrClN2O5S/c1-21(2)27(23,24)16-7-10(3-4-11(16)18)17(22)20-13-9-15-14(8-12(13)19)25-5-6-26-15/h3-4,7-9H,5-6H2,1-2H3,(H,20,22). The van der Waals surface area contributed by atoms with Crippen molar-refractivity contribution in [2.24, 2.45) is 0 Å². The van der Waals surface area contributed by atoms with Gasteiger partial charge >= 0.3 is 0 Å². The molecule has 0 atom stereocenters. The van der Waals surface area contributed by atoms with E-state index in [2.05, 4.69) is 21.2 Å². The van der Waals surface area contributed by atoms with E-state index in [-0.39, 0.29) is 15.5 Å². The van der Waals surface area contributed by atoms with E-state index in [1.807, 2.05) is 0 Å². The molecule has 1 amide bonds. The third-order valence-corrected chi connectivity index (χ3v) is 6.95. The topological polar surface area (TPSA) is 84.9 Å². The van der Waals surface area contributed by atoms with Crippen LogP contribution in [0, 0.1) is 0 Å². The molecular weight excluding hydrogens is 460 g/mol. The van der Waals surface area contributed by atoms with Crippen LogP contribution in [-0.4, -0.2) is 45.9 Å². The van der Waals surface area contributed by atoms with Crippen LogP contribution in [0.25, 0.3) is 0 Å². The molecule has 2 aromatic carbocycles. The summed E-state index contributed by atoms with van der Waals surface area (Å²) in [5, 5.41) is 2.96. The van der Waals surface area contributed by atoms with E-state index in [1.165, 1.54) is 32.3 Å².